The molecule has 0 fully saturated rings. The molecule has 2 rings (SSSR count). The molecule has 0 spiro atoms. The van der Waals surface area contributed by atoms with Gasteiger partial charge in [-0.25, -0.2) is 4.79 Å². The molecule has 8 nitrogen and oxygen atoms in total. The Labute approximate surface area is 150 Å². The first-order chi connectivity index (χ1) is 12.3. The van der Waals surface area contributed by atoms with Crippen LogP contribution in [0, 0.1) is 24.0 Å². The number of rotatable bonds is 6. The van der Waals surface area contributed by atoms with Gasteiger partial charge in [-0.1, -0.05) is 17.7 Å². The number of ether oxygens (including phenoxy) is 1. The van der Waals surface area contributed by atoms with Crippen molar-refractivity contribution in [2.45, 2.75) is 13.8 Å². The third-order valence-electron chi connectivity index (χ3n) is 3.69. The zero-order valence-corrected chi connectivity index (χ0v) is 14.7. The number of anilines is 2. The molecule has 0 saturated carbocycles. The van der Waals surface area contributed by atoms with E-state index in [1.165, 1.54) is 19.2 Å². The fourth-order valence-corrected chi connectivity index (χ4v) is 2.38. The molecule has 0 saturated heterocycles. The molecule has 0 aliphatic rings. The highest BCUT2D eigenvalue weighted by molar-refractivity contribution is 5.96. The third-order valence-corrected chi connectivity index (χ3v) is 3.69. The van der Waals surface area contributed by atoms with Gasteiger partial charge < -0.3 is 15.4 Å². The minimum Gasteiger partial charge on any atom is -0.452 e. The van der Waals surface area contributed by atoms with E-state index in [0.717, 1.165) is 17.2 Å². The molecule has 0 unspecified atom stereocenters. The first-order valence-corrected chi connectivity index (χ1v) is 7.82. The van der Waals surface area contributed by atoms with E-state index in [1.807, 2.05) is 26.0 Å². The Hall–Kier alpha value is -3.42. The summed E-state index contributed by atoms with van der Waals surface area (Å²) >= 11 is 0. The highest BCUT2D eigenvalue weighted by atomic mass is 16.6. The molecule has 0 aliphatic carbocycles. The predicted molar refractivity (Wildman–Crippen MR) is 97.5 cm³/mol. The molecule has 2 aromatic carbocycles. The summed E-state index contributed by atoms with van der Waals surface area (Å²) in [5.41, 5.74) is 2.61. The van der Waals surface area contributed by atoms with Crippen molar-refractivity contribution >= 4 is 28.9 Å². The first kappa shape index (κ1) is 18.9. The summed E-state index contributed by atoms with van der Waals surface area (Å²) in [6.07, 6.45) is 0. The van der Waals surface area contributed by atoms with E-state index in [0.29, 0.717) is 5.69 Å². The fraction of sp³-hybridized carbons (Fsp3) is 0.222. The van der Waals surface area contributed by atoms with Crippen molar-refractivity contribution < 1.29 is 19.2 Å². The molecule has 0 bridgehead atoms. The van der Waals surface area contributed by atoms with E-state index < -0.39 is 23.4 Å². The molecule has 26 heavy (non-hydrogen) atoms. The maximum absolute atomic E-state index is 12.0. The van der Waals surface area contributed by atoms with Crippen molar-refractivity contribution in [3.8, 4) is 0 Å². The Kier molecular flexibility index (Phi) is 5.90. The summed E-state index contributed by atoms with van der Waals surface area (Å²) in [5, 5.41) is 16.4. The molecule has 0 heterocycles. The molecule has 8 heteroatoms. The summed E-state index contributed by atoms with van der Waals surface area (Å²) in [5.74, 6) is -1.31. The molecule has 2 aromatic rings. The van der Waals surface area contributed by atoms with Gasteiger partial charge in [-0.3, -0.25) is 14.9 Å². The quantitative estimate of drug-likeness (QED) is 0.467. The SMILES string of the molecule is CNc1ccc(C(=O)OCC(=O)Nc2ccc(C)cc2C)cc1[N+](=O)[O-]. The molecule has 0 aliphatic heterocycles. The van der Waals surface area contributed by atoms with E-state index in [2.05, 4.69) is 10.6 Å². The van der Waals surface area contributed by atoms with Crippen molar-refractivity contribution in [2.75, 3.05) is 24.3 Å². The average molecular weight is 357 g/mol. The largest absolute Gasteiger partial charge is 0.452 e. The van der Waals surface area contributed by atoms with Gasteiger partial charge in [0.2, 0.25) is 0 Å². The van der Waals surface area contributed by atoms with Crippen LogP contribution in [0.2, 0.25) is 0 Å². The van der Waals surface area contributed by atoms with Crippen molar-refractivity contribution in [2.24, 2.45) is 0 Å². The minimum atomic E-state index is -0.813. The standard InChI is InChI=1S/C18H19N3O5/c1-11-4-6-14(12(2)8-11)20-17(22)10-26-18(23)13-5-7-15(19-3)16(9-13)21(24)25/h4-9,19H,10H2,1-3H3,(H,20,22). The van der Waals surface area contributed by atoms with Crippen molar-refractivity contribution in [1.29, 1.82) is 0 Å². The highest BCUT2D eigenvalue weighted by Crippen LogP contribution is 2.25. The summed E-state index contributed by atoms with van der Waals surface area (Å²) < 4.78 is 4.94. The average Bonchev–Trinajstić information content (AvgIpc) is 2.61. The summed E-state index contributed by atoms with van der Waals surface area (Å²) in [6, 6.07) is 9.45. The van der Waals surface area contributed by atoms with Gasteiger partial charge in [-0.05, 0) is 37.6 Å². The zero-order chi connectivity index (χ0) is 19.3. The molecule has 0 aromatic heterocycles. The van der Waals surface area contributed by atoms with Gasteiger partial charge in [0.1, 0.15) is 5.69 Å². The molecule has 136 valence electrons. The summed E-state index contributed by atoms with van der Waals surface area (Å²) in [4.78, 5) is 34.4. The van der Waals surface area contributed by atoms with Gasteiger partial charge >= 0.3 is 5.97 Å². The number of benzene rings is 2. The fourth-order valence-electron chi connectivity index (χ4n) is 2.38. The maximum atomic E-state index is 12.0. The number of amides is 1. The summed E-state index contributed by atoms with van der Waals surface area (Å²) in [7, 11) is 1.54. The van der Waals surface area contributed by atoms with Crippen LogP contribution in [0.25, 0.3) is 0 Å². The first-order valence-electron chi connectivity index (χ1n) is 7.82. The Morgan fingerprint density at radius 1 is 1.12 bits per heavy atom. The van der Waals surface area contributed by atoms with Crippen LogP contribution in [0.1, 0.15) is 21.5 Å². The topological polar surface area (TPSA) is 111 Å². The lowest BCUT2D eigenvalue weighted by atomic mass is 10.1. The van der Waals surface area contributed by atoms with Crippen molar-refractivity contribution in [3.05, 3.63) is 63.2 Å². The summed E-state index contributed by atoms with van der Waals surface area (Å²) in [6.45, 7) is 3.31. The third kappa shape index (κ3) is 4.56. The van der Waals surface area contributed by atoms with Gasteiger partial charge in [0, 0.05) is 18.8 Å². The molecule has 0 radical (unpaired) electrons. The lowest BCUT2D eigenvalue weighted by Gasteiger charge is -2.10. The van der Waals surface area contributed by atoms with E-state index in [4.69, 9.17) is 4.74 Å². The lowest BCUT2D eigenvalue weighted by Crippen LogP contribution is -2.21. The minimum absolute atomic E-state index is 0.00461. The van der Waals surface area contributed by atoms with Crippen LogP contribution in [-0.2, 0) is 9.53 Å². The maximum Gasteiger partial charge on any atom is 0.338 e. The number of nitrogens with one attached hydrogen (secondary N) is 2. The van der Waals surface area contributed by atoms with Gasteiger partial charge in [0.05, 0.1) is 10.5 Å². The Morgan fingerprint density at radius 3 is 2.42 bits per heavy atom. The van der Waals surface area contributed by atoms with Crippen LogP contribution in [0.3, 0.4) is 0 Å². The monoisotopic (exact) mass is 357 g/mol. The number of nitrogens with zero attached hydrogens (tertiary/aromatic N) is 1. The van der Waals surface area contributed by atoms with Crippen LogP contribution in [0.15, 0.2) is 36.4 Å². The molecular formula is C18H19N3O5. The number of hydrogen-bond donors (Lipinski definition) is 2. The van der Waals surface area contributed by atoms with E-state index in [1.54, 1.807) is 6.07 Å². The van der Waals surface area contributed by atoms with Crippen LogP contribution in [-0.4, -0.2) is 30.5 Å². The Morgan fingerprint density at radius 2 is 1.81 bits per heavy atom. The number of nitro benzene ring substituents is 1. The van der Waals surface area contributed by atoms with E-state index >= 15 is 0 Å². The number of hydrogen-bond acceptors (Lipinski definition) is 6. The normalized spacial score (nSPS) is 10.1. The van der Waals surface area contributed by atoms with E-state index in [9.17, 15) is 19.7 Å². The Balaban J connectivity index is 2.00. The van der Waals surface area contributed by atoms with E-state index in [-0.39, 0.29) is 16.9 Å². The Bertz CT molecular complexity index is 864. The van der Waals surface area contributed by atoms with Gasteiger partial charge in [-0.15, -0.1) is 0 Å². The second-order valence-corrected chi connectivity index (χ2v) is 5.68. The van der Waals surface area contributed by atoms with Crippen LogP contribution in [0.5, 0.6) is 0 Å². The van der Waals surface area contributed by atoms with Crippen molar-refractivity contribution in [3.63, 3.8) is 0 Å². The number of esters is 1. The molecule has 2 N–H and O–H groups in total. The molecule has 1 amide bonds. The molecule has 0 atom stereocenters. The van der Waals surface area contributed by atoms with Gasteiger partial charge in [0.15, 0.2) is 6.61 Å². The number of carbonyl (C=O) groups excluding carboxylic acids is 2. The van der Waals surface area contributed by atoms with Crippen molar-refractivity contribution in [1.82, 2.24) is 0 Å². The smallest absolute Gasteiger partial charge is 0.338 e. The van der Waals surface area contributed by atoms with Crippen LogP contribution in [0.4, 0.5) is 17.1 Å². The number of aryl methyl sites for hydroxylation is 2. The second-order valence-electron chi connectivity index (χ2n) is 5.68. The van der Waals surface area contributed by atoms with Crippen LogP contribution >= 0.6 is 0 Å². The second kappa shape index (κ2) is 8.11. The highest BCUT2D eigenvalue weighted by Gasteiger charge is 2.18. The van der Waals surface area contributed by atoms with Gasteiger partial charge in [-0.2, -0.15) is 0 Å². The molecular weight excluding hydrogens is 338 g/mol. The number of carbonyl (C=O) groups is 2. The van der Waals surface area contributed by atoms with Crippen LogP contribution < -0.4 is 10.6 Å². The predicted octanol–water partition coefficient (Wildman–Crippen LogP) is 3.05. The lowest BCUT2D eigenvalue weighted by molar-refractivity contribution is -0.384. The zero-order valence-electron chi connectivity index (χ0n) is 14.7. The number of nitro groups is 1. The van der Waals surface area contributed by atoms with Gasteiger partial charge in [0.25, 0.3) is 11.6 Å².